The molecule has 6 heteroatoms. The quantitative estimate of drug-likeness (QED) is 0.842. The molecule has 1 aromatic carbocycles. The second-order valence-electron chi connectivity index (χ2n) is 3.28. The van der Waals surface area contributed by atoms with Gasteiger partial charge in [0.25, 0.3) is 0 Å². The summed E-state index contributed by atoms with van der Waals surface area (Å²) in [5, 5.41) is 12.4. The van der Waals surface area contributed by atoms with Crippen molar-refractivity contribution in [3.05, 3.63) is 49.6 Å². The Morgan fingerprint density at radius 1 is 1.35 bits per heavy atom. The number of benzene rings is 1. The minimum Gasteiger partial charge on any atom is -0.506 e. The van der Waals surface area contributed by atoms with E-state index in [-0.39, 0.29) is 18.2 Å². The highest BCUT2D eigenvalue weighted by molar-refractivity contribution is 9.10. The summed E-state index contributed by atoms with van der Waals surface area (Å²) in [5.41, 5.74) is 6.63. The third-order valence-electron chi connectivity index (χ3n) is 2.28. The SMILES string of the molecule is Cl.N[C@H](c1cccs1)c1c(Cl)ccc(Br)c1O. The third kappa shape index (κ3) is 2.95. The highest BCUT2D eigenvalue weighted by Gasteiger charge is 2.19. The van der Waals surface area contributed by atoms with Crippen LogP contribution in [0.25, 0.3) is 0 Å². The highest BCUT2D eigenvalue weighted by atomic mass is 79.9. The summed E-state index contributed by atoms with van der Waals surface area (Å²) < 4.78 is 0.596. The number of phenolic OH excluding ortho intramolecular Hbond substituents is 1. The number of nitrogens with two attached hydrogens (primary N) is 1. The van der Waals surface area contributed by atoms with E-state index < -0.39 is 6.04 Å². The average molecular weight is 355 g/mol. The van der Waals surface area contributed by atoms with Gasteiger partial charge in [0.1, 0.15) is 5.75 Å². The van der Waals surface area contributed by atoms with E-state index in [1.807, 2.05) is 17.5 Å². The van der Waals surface area contributed by atoms with Crippen LogP contribution in [0, 0.1) is 0 Å². The molecule has 0 amide bonds. The predicted molar refractivity (Wildman–Crippen MR) is 78.4 cm³/mol. The maximum Gasteiger partial charge on any atom is 0.136 e. The Balaban J connectivity index is 0.00000144. The minimum atomic E-state index is -0.398. The van der Waals surface area contributed by atoms with E-state index >= 15 is 0 Å². The van der Waals surface area contributed by atoms with Gasteiger partial charge in [-0.3, -0.25) is 0 Å². The summed E-state index contributed by atoms with van der Waals surface area (Å²) in [7, 11) is 0. The summed E-state index contributed by atoms with van der Waals surface area (Å²) in [4.78, 5) is 0.968. The fourth-order valence-electron chi connectivity index (χ4n) is 1.46. The Kier molecular flexibility index (Phi) is 5.28. The number of aromatic hydroxyl groups is 1. The molecule has 3 N–H and O–H groups in total. The van der Waals surface area contributed by atoms with E-state index in [4.69, 9.17) is 17.3 Å². The molecular formula is C11H10BrCl2NOS. The summed E-state index contributed by atoms with van der Waals surface area (Å²) in [6.07, 6.45) is 0. The van der Waals surface area contributed by atoms with Crippen molar-refractivity contribution < 1.29 is 5.11 Å². The maximum atomic E-state index is 9.94. The van der Waals surface area contributed by atoms with Crippen LogP contribution in [0.15, 0.2) is 34.1 Å². The molecule has 2 rings (SSSR count). The molecule has 1 heterocycles. The van der Waals surface area contributed by atoms with Gasteiger partial charge in [0, 0.05) is 15.5 Å². The molecule has 2 nitrogen and oxygen atoms in total. The van der Waals surface area contributed by atoms with Crippen molar-refractivity contribution in [2.45, 2.75) is 6.04 Å². The van der Waals surface area contributed by atoms with Gasteiger partial charge >= 0.3 is 0 Å². The van der Waals surface area contributed by atoms with Crippen LogP contribution in [0.2, 0.25) is 5.02 Å². The predicted octanol–water partition coefficient (Wildman–Crippen LogP) is 4.34. The summed E-state index contributed by atoms with van der Waals surface area (Å²) in [6, 6.07) is 6.86. The average Bonchev–Trinajstić information content (AvgIpc) is 2.77. The number of hydrogen-bond acceptors (Lipinski definition) is 3. The summed E-state index contributed by atoms with van der Waals surface area (Å²) in [6.45, 7) is 0. The molecule has 0 aliphatic carbocycles. The highest BCUT2D eigenvalue weighted by Crippen LogP contribution is 2.39. The lowest BCUT2D eigenvalue weighted by Gasteiger charge is -2.14. The van der Waals surface area contributed by atoms with Crippen LogP contribution >= 0.6 is 51.3 Å². The fourth-order valence-corrected chi connectivity index (χ4v) is 2.81. The van der Waals surface area contributed by atoms with E-state index in [1.54, 1.807) is 12.1 Å². The van der Waals surface area contributed by atoms with Crippen LogP contribution in [0.1, 0.15) is 16.5 Å². The van der Waals surface area contributed by atoms with Crippen LogP contribution in [-0.4, -0.2) is 5.11 Å². The lowest BCUT2D eigenvalue weighted by molar-refractivity contribution is 0.462. The van der Waals surface area contributed by atoms with Crippen LogP contribution in [0.5, 0.6) is 5.75 Å². The molecule has 0 radical (unpaired) electrons. The lowest BCUT2D eigenvalue weighted by atomic mass is 10.1. The maximum absolute atomic E-state index is 9.94. The van der Waals surface area contributed by atoms with Gasteiger partial charge in [0.2, 0.25) is 0 Å². The Morgan fingerprint density at radius 3 is 2.65 bits per heavy atom. The van der Waals surface area contributed by atoms with Crippen LogP contribution in [0.4, 0.5) is 0 Å². The number of phenols is 1. The number of hydrogen-bond donors (Lipinski definition) is 2. The van der Waals surface area contributed by atoms with Gasteiger partial charge < -0.3 is 10.8 Å². The van der Waals surface area contributed by atoms with E-state index in [1.165, 1.54) is 11.3 Å². The molecule has 0 saturated carbocycles. The van der Waals surface area contributed by atoms with Gasteiger partial charge in [-0.2, -0.15) is 0 Å². The molecule has 1 atom stereocenters. The number of halogens is 3. The molecule has 0 unspecified atom stereocenters. The lowest BCUT2D eigenvalue weighted by Crippen LogP contribution is -2.11. The zero-order valence-corrected chi connectivity index (χ0v) is 12.5. The van der Waals surface area contributed by atoms with Crippen molar-refractivity contribution in [1.29, 1.82) is 0 Å². The van der Waals surface area contributed by atoms with Gasteiger partial charge in [0.05, 0.1) is 10.5 Å². The Hall–Kier alpha value is -0.260. The van der Waals surface area contributed by atoms with Crippen molar-refractivity contribution in [1.82, 2.24) is 0 Å². The monoisotopic (exact) mass is 353 g/mol. The van der Waals surface area contributed by atoms with Crippen molar-refractivity contribution in [2.24, 2.45) is 5.73 Å². The first-order valence-corrected chi connectivity index (χ1v) is 6.62. The molecule has 0 fully saturated rings. The molecule has 17 heavy (non-hydrogen) atoms. The Morgan fingerprint density at radius 2 is 2.06 bits per heavy atom. The summed E-state index contributed by atoms with van der Waals surface area (Å²) >= 11 is 10.8. The van der Waals surface area contributed by atoms with E-state index in [2.05, 4.69) is 15.9 Å². The van der Waals surface area contributed by atoms with Gasteiger partial charge in [0.15, 0.2) is 0 Å². The molecule has 0 aliphatic rings. The zero-order valence-electron chi connectivity index (χ0n) is 8.56. The zero-order chi connectivity index (χ0) is 11.7. The first-order valence-electron chi connectivity index (χ1n) is 4.57. The molecule has 1 aromatic heterocycles. The third-order valence-corrected chi connectivity index (χ3v) is 4.20. The van der Waals surface area contributed by atoms with Crippen molar-refractivity contribution >= 4 is 51.3 Å². The Bertz CT molecular complexity index is 504. The molecular weight excluding hydrogens is 345 g/mol. The first kappa shape index (κ1) is 14.8. The van der Waals surface area contributed by atoms with Crippen LogP contribution < -0.4 is 5.73 Å². The van der Waals surface area contributed by atoms with Gasteiger partial charge in [-0.15, -0.1) is 23.7 Å². The smallest absolute Gasteiger partial charge is 0.136 e. The number of rotatable bonds is 2. The second-order valence-corrected chi connectivity index (χ2v) is 5.53. The van der Waals surface area contributed by atoms with Gasteiger partial charge in [-0.25, -0.2) is 0 Å². The van der Waals surface area contributed by atoms with Crippen molar-refractivity contribution in [3.63, 3.8) is 0 Å². The van der Waals surface area contributed by atoms with E-state index in [0.29, 0.717) is 15.1 Å². The molecule has 2 aromatic rings. The van der Waals surface area contributed by atoms with Crippen LogP contribution in [0.3, 0.4) is 0 Å². The minimum absolute atomic E-state index is 0. The number of thiophene rings is 1. The fraction of sp³-hybridized carbons (Fsp3) is 0.0909. The van der Waals surface area contributed by atoms with E-state index in [0.717, 1.165) is 4.88 Å². The van der Waals surface area contributed by atoms with Crippen LogP contribution in [-0.2, 0) is 0 Å². The molecule has 0 saturated heterocycles. The normalized spacial score (nSPS) is 11.9. The van der Waals surface area contributed by atoms with Crippen molar-refractivity contribution in [3.8, 4) is 5.75 Å². The molecule has 0 aliphatic heterocycles. The largest absolute Gasteiger partial charge is 0.506 e. The molecule has 0 bridgehead atoms. The molecule has 0 spiro atoms. The summed E-state index contributed by atoms with van der Waals surface area (Å²) in [5.74, 6) is 0.105. The first-order chi connectivity index (χ1) is 7.61. The Labute approximate surface area is 123 Å². The van der Waals surface area contributed by atoms with Gasteiger partial charge in [-0.1, -0.05) is 17.7 Å². The van der Waals surface area contributed by atoms with Crippen molar-refractivity contribution in [2.75, 3.05) is 0 Å². The standard InChI is InChI=1S/C11H9BrClNOS.ClH/c12-6-3-4-7(13)9(11(6)15)10(14)8-2-1-5-16-8;/h1-5,10,15H,14H2;1H/t10-;/m1./s1. The second kappa shape index (κ2) is 6.07. The van der Waals surface area contributed by atoms with Gasteiger partial charge in [-0.05, 0) is 39.5 Å². The molecule has 92 valence electrons. The van der Waals surface area contributed by atoms with E-state index in [9.17, 15) is 5.11 Å². The topological polar surface area (TPSA) is 46.2 Å².